The molecular formula is C14H17F3N2O3. The summed E-state index contributed by atoms with van der Waals surface area (Å²) in [5.41, 5.74) is -0.338. The van der Waals surface area contributed by atoms with Crippen LogP contribution < -0.4 is 5.32 Å². The standard InChI is InChI=1S/C14H17F3N2O3/c15-11-5-9(6-12(16)13(11)17)14(21)18-7-10(20)8-19-1-3-22-4-2-19/h5-6,10,20H,1-4,7-8H2,(H,18,21). The Hall–Kier alpha value is -1.64. The molecule has 0 radical (unpaired) electrons. The molecule has 1 aliphatic heterocycles. The number of nitrogens with zero attached hydrogens (tertiary/aromatic N) is 1. The lowest BCUT2D eigenvalue weighted by Gasteiger charge is -2.28. The van der Waals surface area contributed by atoms with Crippen molar-refractivity contribution in [2.45, 2.75) is 6.10 Å². The van der Waals surface area contributed by atoms with Gasteiger partial charge in [0.05, 0.1) is 19.3 Å². The molecule has 0 saturated carbocycles. The molecular weight excluding hydrogens is 301 g/mol. The van der Waals surface area contributed by atoms with E-state index in [1.807, 2.05) is 4.90 Å². The lowest BCUT2D eigenvalue weighted by Crippen LogP contribution is -2.44. The van der Waals surface area contributed by atoms with Crippen molar-refractivity contribution in [2.75, 3.05) is 39.4 Å². The van der Waals surface area contributed by atoms with Gasteiger partial charge in [0.2, 0.25) is 0 Å². The number of hydrogen-bond acceptors (Lipinski definition) is 4. The second-order valence-corrected chi connectivity index (χ2v) is 5.03. The van der Waals surface area contributed by atoms with Crippen LogP contribution >= 0.6 is 0 Å². The van der Waals surface area contributed by atoms with Gasteiger partial charge in [-0.05, 0) is 12.1 Å². The van der Waals surface area contributed by atoms with Crippen LogP contribution in [0.1, 0.15) is 10.4 Å². The number of rotatable bonds is 5. The second-order valence-electron chi connectivity index (χ2n) is 5.03. The molecule has 1 aliphatic rings. The zero-order valence-electron chi connectivity index (χ0n) is 11.8. The first-order valence-electron chi connectivity index (χ1n) is 6.88. The summed E-state index contributed by atoms with van der Waals surface area (Å²) in [7, 11) is 0. The van der Waals surface area contributed by atoms with Crippen LogP contribution in [0.2, 0.25) is 0 Å². The molecule has 1 atom stereocenters. The Balaban J connectivity index is 1.84. The van der Waals surface area contributed by atoms with E-state index in [1.165, 1.54) is 0 Å². The number of carbonyl (C=O) groups is 1. The maximum absolute atomic E-state index is 13.0. The fourth-order valence-electron chi connectivity index (χ4n) is 2.15. The van der Waals surface area contributed by atoms with E-state index in [2.05, 4.69) is 5.32 Å². The van der Waals surface area contributed by atoms with E-state index in [9.17, 15) is 23.1 Å². The third kappa shape index (κ3) is 4.43. The summed E-state index contributed by atoms with van der Waals surface area (Å²) in [6.45, 7) is 2.85. The Kier molecular flexibility index (Phi) is 5.76. The van der Waals surface area contributed by atoms with E-state index in [1.54, 1.807) is 0 Å². The summed E-state index contributed by atoms with van der Waals surface area (Å²) in [4.78, 5) is 13.7. The maximum atomic E-state index is 13.0. The van der Waals surface area contributed by atoms with Crippen molar-refractivity contribution in [3.05, 3.63) is 35.1 Å². The first-order chi connectivity index (χ1) is 10.5. The van der Waals surface area contributed by atoms with Gasteiger partial charge in [0.15, 0.2) is 17.5 Å². The topological polar surface area (TPSA) is 61.8 Å². The molecule has 1 aromatic carbocycles. The number of aliphatic hydroxyl groups excluding tert-OH is 1. The van der Waals surface area contributed by atoms with Gasteiger partial charge in [0.25, 0.3) is 5.91 Å². The average molecular weight is 318 g/mol. The lowest BCUT2D eigenvalue weighted by molar-refractivity contribution is 0.0149. The third-order valence-corrected chi connectivity index (χ3v) is 3.32. The Bertz CT molecular complexity index is 513. The molecule has 5 nitrogen and oxygen atoms in total. The van der Waals surface area contributed by atoms with Crippen molar-refractivity contribution in [2.24, 2.45) is 0 Å². The van der Waals surface area contributed by atoms with E-state index >= 15 is 0 Å². The Morgan fingerprint density at radius 1 is 1.27 bits per heavy atom. The third-order valence-electron chi connectivity index (χ3n) is 3.32. The fourth-order valence-corrected chi connectivity index (χ4v) is 2.15. The van der Waals surface area contributed by atoms with Crippen molar-refractivity contribution in [1.82, 2.24) is 10.2 Å². The van der Waals surface area contributed by atoms with Crippen molar-refractivity contribution in [3.8, 4) is 0 Å². The van der Waals surface area contributed by atoms with Crippen LogP contribution in [-0.2, 0) is 4.74 Å². The minimum atomic E-state index is -1.62. The van der Waals surface area contributed by atoms with Gasteiger partial charge in [-0.3, -0.25) is 9.69 Å². The van der Waals surface area contributed by atoms with Gasteiger partial charge in [-0.15, -0.1) is 0 Å². The van der Waals surface area contributed by atoms with Gasteiger partial charge < -0.3 is 15.2 Å². The first kappa shape index (κ1) is 16.7. The van der Waals surface area contributed by atoms with Crippen LogP contribution in [0, 0.1) is 17.5 Å². The lowest BCUT2D eigenvalue weighted by atomic mass is 10.2. The summed E-state index contributed by atoms with van der Waals surface area (Å²) >= 11 is 0. The monoisotopic (exact) mass is 318 g/mol. The highest BCUT2D eigenvalue weighted by atomic mass is 19.2. The number of β-amino-alcohol motifs (C(OH)–C–C–N with tert-alkyl or cyclic N) is 1. The normalized spacial score (nSPS) is 17.3. The van der Waals surface area contributed by atoms with Crippen LogP contribution in [-0.4, -0.2) is 61.4 Å². The number of amides is 1. The molecule has 8 heteroatoms. The van der Waals surface area contributed by atoms with Crippen molar-refractivity contribution >= 4 is 5.91 Å². The number of ether oxygens (including phenoxy) is 1. The molecule has 0 aliphatic carbocycles. The van der Waals surface area contributed by atoms with Crippen LogP contribution in [0.15, 0.2) is 12.1 Å². The molecule has 0 spiro atoms. The van der Waals surface area contributed by atoms with Gasteiger partial charge in [0.1, 0.15) is 0 Å². The van der Waals surface area contributed by atoms with E-state index in [0.717, 1.165) is 0 Å². The smallest absolute Gasteiger partial charge is 0.251 e. The zero-order chi connectivity index (χ0) is 16.1. The highest BCUT2D eigenvalue weighted by Crippen LogP contribution is 2.13. The molecule has 2 N–H and O–H groups in total. The largest absolute Gasteiger partial charge is 0.390 e. The number of carbonyl (C=O) groups excluding carboxylic acids is 1. The molecule has 0 bridgehead atoms. The first-order valence-corrected chi connectivity index (χ1v) is 6.88. The minimum Gasteiger partial charge on any atom is -0.390 e. The highest BCUT2D eigenvalue weighted by molar-refractivity contribution is 5.94. The minimum absolute atomic E-state index is 0.0726. The molecule has 0 aromatic heterocycles. The number of halogens is 3. The number of morpholine rings is 1. The molecule has 122 valence electrons. The van der Waals surface area contributed by atoms with Crippen molar-refractivity contribution in [3.63, 3.8) is 0 Å². The van der Waals surface area contributed by atoms with Gasteiger partial charge in [0, 0.05) is 31.7 Å². The molecule has 1 saturated heterocycles. The Labute approximate surface area is 125 Å². The van der Waals surface area contributed by atoms with E-state index in [4.69, 9.17) is 4.74 Å². The SMILES string of the molecule is O=C(NCC(O)CN1CCOCC1)c1cc(F)c(F)c(F)c1. The fraction of sp³-hybridized carbons (Fsp3) is 0.500. The number of hydrogen-bond donors (Lipinski definition) is 2. The predicted octanol–water partition coefficient (Wildman–Crippen LogP) is 0.527. The highest BCUT2D eigenvalue weighted by Gasteiger charge is 2.18. The van der Waals surface area contributed by atoms with Gasteiger partial charge >= 0.3 is 0 Å². The van der Waals surface area contributed by atoms with Crippen LogP contribution in [0.5, 0.6) is 0 Å². The molecule has 1 amide bonds. The summed E-state index contributed by atoms with van der Waals surface area (Å²) in [6.07, 6.45) is -0.822. The zero-order valence-corrected chi connectivity index (χ0v) is 11.8. The number of benzene rings is 1. The predicted molar refractivity (Wildman–Crippen MR) is 71.9 cm³/mol. The average Bonchev–Trinajstić information content (AvgIpc) is 2.50. The number of aliphatic hydroxyl groups is 1. The summed E-state index contributed by atoms with van der Waals surface area (Å²) in [5, 5.41) is 12.2. The van der Waals surface area contributed by atoms with E-state index in [-0.39, 0.29) is 12.1 Å². The second kappa shape index (κ2) is 7.57. The summed E-state index contributed by atoms with van der Waals surface area (Å²) in [5.74, 6) is -5.26. The van der Waals surface area contributed by atoms with Crippen molar-refractivity contribution < 1.29 is 27.8 Å². The molecule has 1 fully saturated rings. The van der Waals surface area contributed by atoms with Gasteiger partial charge in [-0.25, -0.2) is 13.2 Å². The van der Waals surface area contributed by atoms with Gasteiger partial charge in [-0.2, -0.15) is 0 Å². The van der Waals surface area contributed by atoms with Crippen LogP contribution in [0.25, 0.3) is 0 Å². The molecule has 22 heavy (non-hydrogen) atoms. The van der Waals surface area contributed by atoms with E-state index < -0.39 is 29.5 Å². The van der Waals surface area contributed by atoms with Crippen LogP contribution in [0.4, 0.5) is 13.2 Å². The summed E-state index contributed by atoms with van der Waals surface area (Å²) in [6, 6.07) is 1.23. The summed E-state index contributed by atoms with van der Waals surface area (Å²) < 4.78 is 44.1. The van der Waals surface area contributed by atoms with E-state index in [0.29, 0.717) is 45.0 Å². The maximum Gasteiger partial charge on any atom is 0.251 e. The van der Waals surface area contributed by atoms with Crippen molar-refractivity contribution in [1.29, 1.82) is 0 Å². The molecule has 1 heterocycles. The Morgan fingerprint density at radius 2 is 1.86 bits per heavy atom. The molecule has 1 aromatic rings. The van der Waals surface area contributed by atoms with Gasteiger partial charge in [-0.1, -0.05) is 0 Å². The van der Waals surface area contributed by atoms with Crippen LogP contribution in [0.3, 0.4) is 0 Å². The quantitative estimate of drug-likeness (QED) is 0.778. The Morgan fingerprint density at radius 3 is 2.45 bits per heavy atom. The molecule has 1 unspecified atom stereocenters. The number of nitrogens with one attached hydrogen (secondary N) is 1. The molecule has 2 rings (SSSR count).